The second-order valence-electron chi connectivity index (χ2n) is 4.23. The predicted molar refractivity (Wildman–Crippen MR) is 93.7 cm³/mol. The Kier molecular flexibility index (Phi) is 5.68. The molecule has 0 unspecified atom stereocenters. The SMILES string of the molecule is NN=CC(=NNc1ccc(Cl)cc1)C(=O)c1ccc(Br)cc1. The molecule has 0 atom stereocenters. The van der Waals surface area contributed by atoms with Gasteiger partial charge in [-0.1, -0.05) is 27.5 Å². The molecule has 3 N–H and O–H groups in total. The lowest BCUT2D eigenvalue weighted by Crippen LogP contribution is -2.18. The number of hydrazone groups is 2. The average molecular weight is 380 g/mol. The number of rotatable bonds is 5. The molecule has 0 heterocycles. The van der Waals surface area contributed by atoms with Gasteiger partial charge in [-0.3, -0.25) is 10.2 Å². The van der Waals surface area contributed by atoms with Crippen molar-refractivity contribution in [3.05, 3.63) is 63.6 Å². The summed E-state index contributed by atoms with van der Waals surface area (Å²) in [5.74, 6) is 4.85. The third-order valence-corrected chi connectivity index (χ3v) is 3.47. The number of nitrogens with one attached hydrogen (secondary N) is 1. The molecule has 0 aliphatic rings. The highest BCUT2D eigenvalue weighted by molar-refractivity contribution is 9.10. The molecule has 2 aromatic carbocycles. The summed E-state index contributed by atoms with van der Waals surface area (Å²) < 4.78 is 0.884. The maximum atomic E-state index is 12.4. The molecule has 0 aromatic heterocycles. The summed E-state index contributed by atoms with van der Waals surface area (Å²) in [7, 11) is 0. The molecule has 0 saturated heterocycles. The Labute approximate surface area is 141 Å². The van der Waals surface area contributed by atoms with E-state index in [4.69, 9.17) is 17.4 Å². The van der Waals surface area contributed by atoms with Gasteiger partial charge in [0.15, 0.2) is 5.71 Å². The molecule has 22 heavy (non-hydrogen) atoms. The van der Waals surface area contributed by atoms with Crippen LogP contribution >= 0.6 is 27.5 Å². The zero-order chi connectivity index (χ0) is 15.9. The number of carbonyl (C=O) groups excluding carboxylic acids is 1. The maximum absolute atomic E-state index is 12.4. The van der Waals surface area contributed by atoms with Gasteiger partial charge in [0, 0.05) is 15.1 Å². The highest BCUT2D eigenvalue weighted by Gasteiger charge is 2.12. The van der Waals surface area contributed by atoms with Crippen molar-refractivity contribution in [3.8, 4) is 0 Å². The molecule has 5 nitrogen and oxygen atoms in total. The molecule has 0 spiro atoms. The van der Waals surface area contributed by atoms with Crippen LogP contribution in [0.1, 0.15) is 10.4 Å². The van der Waals surface area contributed by atoms with Gasteiger partial charge in [0.25, 0.3) is 0 Å². The highest BCUT2D eigenvalue weighted by atomic mass is 79.9. The standard InChI is InChI=1S/C15H12BrClN4O/c16-11-3-1-10(2-4-11)15(22)14(9-19-18)21-20-13-7-5-12(17)6-8-13/h1-9,20H,18H2. The van der Waals surface area contributed by atoms with E-state index in [0.29, 0.717) is 16.3 Å². The van der Waals surface area contributed by atoms with Crippen molar-refractivity contribution in [2.75, 3.05) is 5.43 Å². The van der Waals surface area contributed by atoms with Crippen molar-refractivity contribution in [2.45, 2.75) is 0 Å². The molecule has 0 saturated carbocycles. The number of Topliss-reactive ketones (excluding diaryl/α,β-unsaturated/α-hetero) is 1. The van der Waals surface area contributed by atoms with Crippen molar-refractivity contribution in [1.82, 2.24) is 0 Å². The minimum Gasteiger partial charge on any atom is -0.323 e. The number of hydrogen-bond acceptors (Lipinski definition) is 5. The summed E-state index contributed by atoms with van der Waals surface area (Å²) in [6.45, 7) is 0. The van der Waals surface area contributed by atoms with Crippen molar-refractivity contribution in [2.24, 2.45) is 16.0 Å². The van der Waals surface area contributed by atoms with Crippen molar-refractivity contribution < 1.29 is 4.79 Å². The fourth-order valence-corrected chi connectivity index (χ4v) is 2.00. The number of hydrogen-bond donors (Lipinski definition) is 2. The largest absolute Gasteiger partial charge is 0.323 e. The van der Waals surface area contributed by atoms with Crippen LogP contribution < -0.4 is 11.3 Å². The first-order chi connectivity index (χ1) is 10.6. The van der Waals surface area contributed by atoms with E-state index >= 15 is 0 Å². The Hall–Kier alpha value is -2.18. The summed E-state index contributed by atoms with van der Waals surface area (Å²) in [4.78, 5) is 12.4. The number of benzene rings is 2. The fraction of sp³-hybridized carbons (Fsp3) is 0. The van der Waals surface area contributed by atoms with Crippen molar-refractivity contribution >= 4 is 50.9 Å². The first kappa shape index (κ1) is 16.2. The summed E-state index contributed by atoms with van der Waals surface area (Å²) in [5.41, 5.74) is 4.04. The van der Waals surface area contributed by atoms with E-state index in [1.54, 1.807) is 48.5 Å². The zero-order valence-electron chi connectivity index (χ0n) is 11.3. The Bertz CT molecular complexity index is 711. The van der Waals surface area contributed by atoms with E-state index in [9.17, 15) is 4.79 Å². The van der Waals surface area contributed by atoms with E-state index < -0.39 is 0 Å². The third kappa shape index (κ3) is 4.41. The quantitative estimate of drug-likeness (QED) is 0.360. The van der Waals surface area contributed by atoms with Crippen LogP contribution in [0, 0.1) is 0 Å². The van der Waals surface area contributed by atoms with Crippen LogP contribution in [0.2, 0.25) is 5.02 Å². The van der Waals surface area contributed by atoms with E-state index in [1.165, 1.54) is 6.21 Å². The van der Waals surface area contributed by atoms with Gasteiger partial charge in [0.05, 0.1) is 11.9 Å². The van der Waals surface area contributed by atoms with E-state index in [1.807, 2.05) is 0 Å². The topological polar surface area (TPSA) is 79.8 Å². The van der Waals surface area contributed by atoms with Crippen molar-refractivity contribution in [3.63, 3.8) is 0 Å². The second kappa shape index (κ2) is 7.72. The monoisotopic (exact) mass is 378 g/mol. The van der Waals surface area contributed by atoms with Crippen LogP contribution in [0.25, 0.3) is 0 Å². The van der Waals surface area contributed by atoms with Gasteiger partial charge in [-0.2, -0.15) is 10.2 Å². The summed E-state index contributed by atoms with van der Waals surface area (Å²) in [5, 5.41) is 8.04. The van der Waals surface area contributed by atoms with Gasteiger partial charge >= 0.3 is 0 Å². The van der Waals surface area contributed by atoms with Gasteiger partial charge in [0.1, 0.15) is 0 Å². The number of halogens is 2. The molecule has 0 amide bonds. The summed E-state index contributed by atoms with van der Waals surface area (Å²) in [6, 6.07) is 13.8. The number of anilines is 1. The van der Waals surface area contributed by atoms with E-state index in [-0.39, 0.29) is 11.5 Å². The highest BCUT2D eigenvalue weighted by Crippen LogP contribution is 2.14. The van der Waals surface area contributed by atoms with Crippen LogP contribution in [0.3, 0.4) is 0 Å². The Morgan fingerprint density at radius 2 is 1.77 bits per heavy atom. The molecule has 112 valence electrons. The van der Waals surface area contributed by atoms with Crippen LogP contribution in [0.4, 0.5) is 5.69 Å². The Morgan fingerprint density at radius 3 is 2.36 bits per heavy atom. The maximum Gasteiger partial charge on any atom is 0.214 e. The molecule has 2 rings (SSSR count). The van der Waals surface area contributed by atoms with Gasteiger partial charge in [-0.15, -0.1) is 0 Å². The number of nitrogens with zero attached hydrogens (tertiary/aromatic N) is 2. The second-order valence-corrected chi connectivity index (χ2v) is 5.58. The third-order valence-electron chi connectivity index (χ3n) is 2.69. The molecule has 0 bridgehead atoms. The van der Waals surface area contributed by atoms with E-state index in [0.717, 1.165) is 4.47 Å². The normalized spacial score (nSPS) is 11.6. The average Bonchev–Trinajstić information content (AvgIpc) is 2.53. The predicted octanol–water partition coefficient (Wildman–Crippen LogP) is 3.70. The van der Waals surface area contributed by atoms with Crippen LogP contribution in [-0.4, -0.2) is 17.7 Å². The van der Waals surface area contributed by atoms with Crippen LogP contribution in [0.5, 0.6) is 0 Å². The molecule has 0 aliphatic heterocycles. The van der Waals surface area contributed by atoms with Crippen LogP contribution in [-0.2, 0) is 0 Å². The van der Waals surface area contributed by atoms with Gasteiger partial charge in [0.2, 0.25) is 5.78 Å². The lowest BCUT2D eigenvalue weighted by Gasteiger charge is -2.04. The first-order valence-corrected chi connectivity index (χ1v) is 7.40. The molecular weight excluding hydrogens is 368 g/mol. The van der Waals surface area contributed by atoms with Crippen molar-refractivity contribution in [1.29, 1.82) is 0 Å². The zero-order valence-corrected chi connectivity index (χ0v) is 13.7. The smallest absolute Gasteiger partial charge is 0.214 e. The number of nitrogens with two attached hydrogens (primary N) is 1. The minimum absolute atomic E-state index is 0.0970. The molecule has 0 aliphatic carbocycles. The lowest BCUT2D eigenvalue weighted by atomic mass is 10.1. The number of carbonyl (C=O) groups is 1. The Morgan fingerprint density at radius 1 is 1.14 bits per heavy atom. The molecular formula is C15H12BrClN4O. The van der Waals surface area contributed by atoms with E-state index in [2.05, 4.69) is 31.6 Å². The molecule has 2 aromatic rings. The first-order valence-electron chi connectivity index (χ1n) is 6.23. The number of ketones is 1. The fourth-order valence-electron chi connectivity index (χ4n) is 1.61. The van der Waals surface area contributed by atoms with Gasteiger partial charge < -0.3 is 5.84 Å². The molecule has 0 fully saturated rings. The van der Waals surface area contributed by atoms with Gasteiger partial charge in [-0.05, 0) is 48.5 Å². The molecule has 7 heteroatoms. The molecule has 0 radical (unpaired) electrons. The van der Waals surface area contributed by atoms with Gasteiger partial charge in [-0.25, -0.2) is 0 Å². The minimum atomic E-state index is -0.289. The lowest BCUT2D eigenvalue weighted by molar-refractivity contribution is 0.106. The van der Waals surface area contributed by atoms with Crippen LogP contribution in [0.15, 0.2) is 63.2 Å². The summed E-state index contributed by atoms with van der Waals surface area (Å²) in [6.07, 6.45) is 1.20. The summed E-state index contributed by atoms with van der Waals surface area (Å²) >= 11 is 9.13. The Balaban J connectivity index is 2.21.